The first kappa shape index (κ1) is 17.3. The molecule has 0 aliphatic rings. The molecule has 1 heterocycles. The Balaban J connectivity index is 1.46. The summed E-state index contributed by atoms with van der Waals surface area (Å²) in [5.41, 5.74) is 3.92. The van der Waals surface area contributed by atoms with Gasteiger partial charge in [0.1, 0.15) is 12.4 Å². The molecule has 0 bridgehead atoms. The zero-order valence-corrected chi connectivity index (χ0v) is 15.5. The normalized spacial score (nSPS) is 10.7. The van der Waals surface area contributed by atoms with Gasteiger partial charge in [0, 0.05) is 11.1 Å². The molecule has 0 aliphatic heterocycles. The van der Waals surface area contributed by atoms with E-state index in [4.69, 9.17) is 20.9 Å². The van der Waals surface area contributed by atoms with Gasteiger partial charge in [-0.05, 0) is 42.3 Å². The molecular weight excluding hydrogens is 360 g/mol. The number of aryl methyl sites for hydroxylation is 1. The van der Waals surface area contributed by atoms with Gasteiger partial charge in [-0.25, -0.2) is 0 Å². The van der Waals surface area contributed by atoms with E-state index in [2.05, 4.69) is 10.1 Å². The van der Waals surface area contributed by atoms with Crippen LogP contribution in [-0.4, -0.2) is 10.1 Å². The summed E-state index contributed by atoms with van der Waals surface area (Å²) in [4.78, 5) is 4.47. The molecule has 0 N–H and O–H groups in total. The van der Waals surface area contributed by atoms with Gasteiger partial charge in [0.25, 0.3) is 5.89 Å². The first-order valence-electron chi connectivity index (χ1n) is 8.56. The Labute approximate surface area is 162 Å². The average molecular weight is 377 g/mol. The monoisotopic (exact) mass is 376 g/mol. The Bertz CT molecular complexity index is 1040. The first-order valence-corrected chi connectivity index (χ1v) is 8.94. The van der Waals surface area contributed by atoms with Crippen molar-refractivity contribution >= 4 is 11.6 Å². The van der Waals surface area contributed by atoms with Crippen molar-refractivity contribution < 1.29 is 9.26 Å². The highest BCUT2D eigenvalue weighted by Crippen LogP contribution is 2.27. The van der Waals surface area contributed by atoms with Crippen LogP contribution in [0.5, 0.6) is 5.75 Å². The minimum Gasteiger partial charge on any atom is -0.487 e. The van der Waals surface area contributed by atoms with Gasteiger partial charge in [0.05, 0.1) is 5.02 Å². The third-order valence-electron chi connectivity index (χ3n) is 4.14. The molecule has 0 atom stereocenters. The summed E-state index contributed by atoms with van der Waals surface area (Å²) in [5.74, 6) is 1.75. The molecule has 3 aromatic carbocycles. The molecule has 4 rings (SSSR count). The number of ether oxygens (including phenoxy) is 1. The van der Waals surface area contributed by atoms with Crippen LogP contribution in [0.2, 0.25) is 5.02 Å². The number of hydrogen-bond acceptors (Lipinski definition) is 4. The van der Waals surface area contributed by atoms with Crippen LogP contribution in [0.3, 0.4) is 0 Å². The van der Waals surface area contributed by atoms with E-state index < -0.39 is 0 Å². The lowest BCUT2D eigenvalue weighted by atomic mass is 10.1. The summed E-state index contributed by atoms with van der Waals surface area (Å²) in [6.45, 7) is 2.44. The predicted molar refractivity (Wildman–Crippen MR) is 106 cm³/mol. The van der Waals surface area contributed by atoms with E-state index in [1.807, 2.05) is 79.7 Å². The second-order valence-corrected chi connectivity index (χ2v) is 6.62. The van der Waals surface area contributed by atoms with Crippen molar-refractivity contribution in [1.29, 1.82) is 0 Å². The third kappa shape index (κ3) is 4.01. The maximum Gasteiger partial charge on any atom is 0.258 e. The summed E-state index contributed by atoms with van der Waals surface area (Å²) >= 11 is 6.17. The van der Waals surface area contributed by atoms with Crippen molar-refractivity contribution in [2.75, 3.05) is 0 Å². The van der Waals surface area contributed by atoms with Crippen LogP contribution in [0.15, 0.2) is 77.3 Å². The lowest BCUT2D eigenvalue weighted by Crippen LogP contribution is -1.96. The Morgan fingerprint density at radius 3 is 2.48 bits per heavy atom. The SMILES string of the molecule is Cc1ccc(Cl)c(OCc2ccc(-c3nc(-c4ccccc4)no3)cc2)c1. The lowest BCUT2D eigenvalue weighted by Gasteiger charge is -2.09. The van der Waals surface area contributed by atoms with Crippen molar-refractivity contribution in [3.05, 3.63) is 88.9 Å². The van der Waals surface area contributed by atoms with Crippen LogP contribution < -0.4 is 4.74 Å². The number of rotatable bonds is 5. The van der Waals surface area contributed by atoms with E-state index in [1.54, 1.807) is 0 Å². The highest BCUT2D eigenvalue weighted by molar-refractivity contribution is 6.32. The number of benzene rings is 3. The van der Waals surface area contributed by atoms with Gasteiger partial charge in [-0.2, -0.15) is 4.98 Å². The van der Waals surface area contributed by atoms with Gasteiger partial charge in [-0.3, -0.25) is 0 Å². The quantitative estimate of drug-likeness (QED) is 0.432. The Morgan fingerprint density at radius 1 is 0.926 bits per heavy atom. The Morgan fingerprint density at radius 2 is 1.70 bits per heavy atom. The largest absolute Gasteiger partial charge is 0.487 e. The van der Waals surface area contributed by atoms with Crippen molar-refractivity contribution in [2.24, 2.45) is 0 Å². The molecule has 0 fully saturated rings. The van der Waals surface area contributed by atoms with Crippen LogP contribution in [0.4, 0.5) is 0 Å². The molecule has 0 radical (unpaired) electrons. The molecule has 0 saturated carbocycles. The molecular formula is C22H17ClN2O2. The molecule has 5 heteroatoms. The first-order chi connectivity index (χ1) is 13.2. The van der Waals surface area contributed by atoms with Crippen LogP contribution in [0.25, 0.3) is 22.8 Å². The smallest absolute Gasteiger partial charge is 0.258 e. The van der Waals surface area contributed by atoms with Crippen molar-refractivity contribution in [2.45, 2.75) is 13.5 Å². The van der Waals surface area contributed by atoms with Gasteiger partial charge in [0.2, 0.25) is 5.82 Å². The van der Waals surface area contributed by atoms with Gasteiger partial charge in [-0.1, -0.05) is 65.3 Å². The summed E-state index contributed by atoms with van der Waals surface area (Å²) in [7, 11) is 0. The molecule has 0 aliphatic carbocycles. The number of aromatic nitrogens is 2. The molecule has 0 spiro atoms. The summed E-state index contributed by atoms with van der Waals surface area (Å²) in [6.07, 6.45) is 0. The predicted octanol–water partition coefficient (Wildman–Crippen LogP) is 5.94. The standard InChI is InChI=1S/C22H17ClN2O2/c1-15-7-12-19(23)20(13-15)26-14-16-8-10-18(11-9-16)22-24-21(25-27-22)17-5-3-2-4-6-17/h2-13H,14H2,1H3. The molecule has 134 valence electrons. The fraction of sp³-hybridized carbons (Fsp3) is 0.0909. The third-order valence-corrected chi connectivity index (χ3v) is 4.45. The van der Waals surface area contributed by atoms with Crippen LogP contribution >= 0.6 is 11.6 Å². The minimum atomic E-state index is 0.433. The summed E-state index contributed by atoms with van der Waals surface area (Å²) in [6, 6.07) is 23.3. The second kappa shape index (κ2) is 7.64. The molecule has 0 amide bonds. The van der Waals surface area contributed by atoms with Gasteiger partial charge < -0.3 is 9.26 Å². The maximum atomic E-state index is 6.17. The van der Waals surface area contributed by atoms with Crippen molar-refractivity contribution in [3.63, 3.8) is 0 Å². The highest BCUT2D eigenvalue weighted by atomic mass is 35.5. The topological polar surface area (TPSA) is 48.2 Å². The Hall–Kier alpha value is -3.11. The second-order valence-electron chi connectivity index (χ2n) is 6.21. The van der Waals surface area contributed by atoms with Crippen LogP contribution in [-0.2, 0) is 6.61 Å². The van der Waals surface area contributed by atoms with Crippen LogP contribution in [0.1, 0.15) is 11.1 Å². The summed E-state index contributed by atoms with van der Waals surface area (Å²) in [5, 5.41) is 4.66. The van der Waals surface area contributed by atoms with Gasteiger partial charge in [-0.15, -0.1) is 0 Å². The molecule has 0 unspecified atom stereocenters. The molecule has 4 aromatic rings. The lowest BCUT2D eigenvalue weighted by molar-refractivity contribution is 0.306. The van der Waals surface area contributed by atoms with Crippen molar-refractivity contribution in [3.8, 4) is 28.6 Å². The number of halogens is 1. The minimum absolute atomic E-state index is 0.433. The van der Waals surface area contributed by atoms with E-state index in [0.29, 0.717) is 29.1 Å². The summed E-state index contributed by atoms with van der Waals surface area (Å²) < 4.78 is 11.2. The molecule has 4 nitrogen and oxygen atoms in total. The zero-order chi connectivity index (χ0) is 18.6. The van der Waals surface area contributed by atoms with Crippen LogP contribution in [0, 0.1) is 6.92 Å². The fourth-order valence-corrected chi connectivity index (χ4v) is 2.84. The average Bonchev–Trinajstić information content (AvgIpc) is 3.20. The molecule has 27 heavy (non-hydrogen) atoms. The van der Waals surface area contributed by atoms with Gasteiger partial charge in [0.15, 0.2) is 0 Å². The van der Waals surface area contributed by atoms with E-state index in [9.17, 15) is 0 Å². The van der Waals surface area contributed by atoms with Gasteiger partial charge >= 0.3 is 0 Å². The molecule has 0 saturated heterocycles. The van der Waals surface area contributed by atoms with E-state index in [0.717, 1.165) is 22.3 Å². The highest BCUT2D eigenvalue weighted by Gasteiger charge is 2.10. The number of nitrogens with zero attached hydrogens (tertiary/aromatic N) is 2. The van der Waals surface area contributed by atoms with E-state index in [1.165, 1.54) is 0 Å². The van der Waals surface area contributed by atoms with E-state index >= 15 is 0 Å². The molecule has 1 aromatic heterocycles. The van der Waals surface area contributed by atoms with Crippen molar-refractivity contribution in [1.82, 2.24) is 10.1 Å². The van der Waals surface area contributed by atoms with E-state index in [-0.39, 0.29) is 0 Å². The fourth-order valence-electron chi connectivity index (χ4n) is 2.67. The zero-order valence-electron chi connectivity index (χ0n) is 14.7. The number of hydrogen-bond donors (Lipinski definition) is 0. The Kier molecular flexibility index (Phi) is 4.90. The maximum absolute atomic E-state index is 6.17.